The minimum atomic E-state index is -3.04. The van der Waals surface area contributed by atoms with E-state index in [0.717, 1.165) is 12.1 Å². The van der Waals surface area contributed by atoms with E-state index in [1.165, 1.54) is 6.07 Å². The van der Waals surface area contributed by atoms with E-state index >= 15 is 0 Å². The molecular weight excluding hydrogens is 326 g/mol. The number of likely N-dealkylation sites (N-methyl/N-ethyl adjacent to an activating group) is 1. The minimum absolute atomic E-state index is 0.0266. The van der Waals surface area contributed by atoms with Gasteiger partial charge in [-0.2, -0.15) is 0 Å². The molecule has 1 aromatic carbocycles. The molecule has 1 heterocycles. The predicted octanol–water partition coefficient (Wildman–Crippen LogP) is 1.26. The lowest BCUT2D eigenvalue weighted by molar-refractivity contribution is -0.122. The average molecular weight is 346 g/mol. The fourth-order valence-corrected chi connectivity index (χ4v) is 4.25. The quantitative estimate of drug-likeness (QED) is 0.872. The van der Waals surface area contributed by atoms with Gasteiger partial charge in [-0.15, -0.1) is 0 Å². The van der Waals surface area contributed by atoms with Crippen LogP contribution in [0.15, 0.2) is 18.2 Å². The molecule has 2 rings (SSSR count). The summed E-state index contributed by atoms with van der Waals surface area (Å²) >= 11 is 0. The molecule has 1 fully saturated rings. The standard InChI is InChI=1S/C15H20F2N2O3S/c1-10(11-3-4-13(16)14(17)7-11)19(2)8-15(20)18-12-5-6-23(21,22)9-12/h3-4,7,10,12H,5-6,8-9H2,1-2H3,(H,18,20). The van der Waals surface area contributed by atoms with Gasteiger partial charge in [0.2, 0.25) is 5.91 Å². The molecule has 0 spiro atoms. The Bertz CT molecular complexity index is 694. The first-order valence-corrected chi connectivity index (χ1v) is 9.15. The topological polar surface area (TPSA) is 66.5 Å². The van der Waals surface area contributed by atoms with Gasteiger partial charge in [0.25, 0.3) is 0 Å². The third kappa shape index (κ3) is 4.71. The molecule has 2 unspecified atom stereocenters. The predicted molar refractivity (Wildman–Crippen MR) is 82.6 cm³/mol. The maximum Gasteiger partial charge on any atom is 0.234 e. The summed E-state index contributed by atoms with van der Waals surface area (Å²) in [6.45, 7) is 1.82. The Hall–Kier alpha value is -1.54. The molecule has 0 aromatic heterocycles. The maximum atomic E-state index is 13.3. The van der Waals surface area contributed by atoms with Crippen molar-refractivity contribution in [1.29, 1.82) is 0 Å². The number of halogens is 2. The molecule has 1 aliphatic heterocycles. The van der Waals surface area contributed by atoms with Crippen molar-refractivity contribution in [3.8, 4) is 0 Å². The Morgan fingerprint density at radius 3 is 2.65 bits per heavy atom. The van der Waals surface area contributed by atoms with Crippen molar-refractivity contribution in [3.63, 3.8) is 0 Å². The summed E-state index contributed by atoms with van der Waals surface area (Å²) in [6.07, 6.45) is 0.427. The third-order valence-electron chi connectivity index (χ3n) is 4.08. The smallest absolute Gasteiger partial charge is 0.234 e. The molecule has 1 aromatic rings. The molecule has 1 saturated heterocycles. The van der Waals surface area contributed by atoms with E-state index in [0.29, 0.717) is 12.0 Å². The number of amides is 1. The van der Waals surface area contributed by atoms with Gasteiger partial charge < -0.3 is 5.32 Å². The van der Waals surface area contributed by atoms with Gasteiger partial charge in [0.1, 0.15) is 0 Å². The van der Waals surface area contributed by atoms with Crippen LogP contribution >= 0.6 is 0 Å². The van der Waals surface area contributed by atoms with Crippen molar-refractivity contribution >= 4 is 15.7 Å². The Morgan fingerprint density at radius 2 is 2.09 bits per heavy atom. The lowest BCUT2D eigenvalue weighted by Gasteiger charge is -2.25. The van der Waals surface area contributed by atoms with Crippen molar-refractivity contribution in [3.05, 3.63) is 35.4 Å². The van der Waals surface area contributed by atoms with E-state index in [1.54, 1.807) is 18.9 Å². The second-order valence-electron chi connectivity index (χ2n) is 5.93. The molecule has 0 aliphatic carbocycles. The molecule has 0 bridgehead atoms. The van der Waals surface area contributed by atoms with Crippen LogP contribution in [-0.2, 0) is 14.6 Å². The van der Waals surface area contributed by atoms with Gasteiger partial charge in [-0.3, -0.25) is 9.69 Å². The number of nitrogens with one attached hydrogen (secondary N) is 1. The SMILES string of the molecule is CC(c1ccc(F)c(F)c1)N(C)CC(=O)NC1CCS(=O)(=O)C1. The van der Waals surface area contributed by atoms with E-state index < -0.39 is 21.5 Å². The highest BCUT2D eigenvalue weighted by atomic mass is 32.2. The highest BCUT2D eigenvalue weighted by Gasteiger charge is 2.29. The molecule has 1 amide bonds. The van der Waals surface area contributed by atoms with Gasteiger partial charge in [-0.1, -0.05) is 6.07 Å². The van der Waals surface area contributed by atoms with Crippen LogP contribution in [-0.4, -0.2) is 50.4 Å². The molecule has 128 valence electrons. The minimum Gasteiger partial charge on any atom is -0.351 e. The van der Waals surface area contributed by atoms with Gasteiger partial charge in [0, 0.05) is 12.1 Å². The van der Waals surface area contributed by atoms with E-state index in [4.69, 9.17) is 0 Å². The first-order valence-electron chi connectivity index (χ1n) is 7.33. The van der Waals surface area contributed by atoms with E-state index in [1.807, 2.05) is 0 Å². The zero-order chi connectivity index (χ0) is 17.2. The van der Waals surface area contributed by atoms with Crippen LogP contribution < -0.4 is 5.32 Å². The molecule has 23 heavy (non-hydrogen) atoms. The van der Waals surface area contributed by atoms with Crippen molar-refractivity contribution in [2.45, 2.75) is 25.4 Å². The van der Waals surface area contributed by atoms with Crippen LogP contribution in [0, 0.1) is 11.6 Å². The summed E-state index contributed by atoms with van der Waals surface area (Å²) < 4.78 is 49.0. The van der Waals surface area contributed by atoms with Crippen LogP contribution in [0.5, 0.6) is 0 Å². The number of nitrogens with zero attached hydrogens (tertiary/aromatic N) is 1. The van der Waals surface area contributed by atoms with Crippen LogP contribution in [0.25, 0.3) is 0 Å². The fourth-order valence-electron chi connectivity index (χ4n) is 2.57. The molecule has 2 atom stereocenters. The summed E-state index contributed by atoms with van der Waals surface area (Å²) in [6, 6.07) is 3.00. The monoisotopic (exact) mass is 346 g/mol. The lowest BCUT2D eigenvalue weighted by atomic mass is 10.1. The van der Waals surface area contributed by atoms with Crippen LogP contribution in [0.2, 0.25) is 0 Å². The number of carbonyl (C=O) groups excluding carboxylic acids is 1. The molecule has 1 aliphatic rings. The Labute approximate surface area is 134 Å². The van der Waals surface area contributed by atoms with Crippen LogP contribution in [0.3, 0.4) is 0 Å². The van der Waals surface area contributed by atoms with Gasteiger partial charge in [-0.25, -0.2) is 17.2 Å². The Morgan fingerprint density at radius 1 is 1.39 bits per heavy atom. The van der Waals surface area contributed by atoms with Crippen molar-refractivity contribution < 1.29 is 22.0 Å². The Balaban J connectivity index is 1.91. The normalized spacial score (nSPS) is 21.3. The zero-order valence-electron chi connectivity index (χ0n) is 13.1. The second kappa shape index (κ2) is 6.92. The first-order chi connectivity index (χ1) is 10.7. The molecule has 5 nitrogen and oxygen atoms in total. The molecule has 8 heteroatoms. The highest BCUT2D eigenvalue weighted by Crippen LogP contribution is 2.20. The number of carbonyl (C=O) groups is 1. The summed E-state index contributed by atoms with van der Waals surface area (Å²) in [4.78, 5) is 13.7. The van der Waals surface area contributed by atoms with Gasteiger partial charge in [-0.05, 0) is 38.1 Å². The summed E-state index contributed by atoms with van der Waals surface area (Å²) in [7, 11) is -1.35. The number of hydrogen-bond donors (Lipinski definition) is 1. The molecule has 1 N–H and O–H groups in total. The average Bonchev–Trinajstić information content (AvgIpc) is 2.79. The van der Waals surface area contributed by atoms with Crippen molar-refractivity contribution in [2.24, 2.45) is 0 Å². The van der Waals surface area contributed by atoms with E-state index in [-0.39, 0.29) is 36.0 Å². The number of hydrogen-bond acceptors (Lipinski definition) is 4. The largest absolute Gasteiger partial charge is 0.351 e. The summed E-state index contributed by atoms with van der Waals surface area (Å²) in [5, 5.41) is 2.70. The van der Waals surface area contributed by atoms with Crippen LogP contribution in [0.4, 0.5) is 8.78 Å². The number of benzene rings is 1. The highest BCUT2D eigenvalue weighted by molar-refractivity contribution is 7.91. The van der Waals surface area contributed by atoms with E-state index in [9.17, 15) is 22.0 Å². The van der Waals surface area contributed by atoms with Crippen molar-refractivity contribution in [1.82, 2.24) is 10.2 Å². The van der Waals surface area contributed by atoms with Gasteiger partial charge >= 0.3 is 0 Å². The zero-order valence-corrected chi connectivity index (χ0v) is 13.9. The molecule has 0 saturated carbocycles. The van der Waals surface area contributed by atoms with Gasteiger partial charge in [0.15, 0.2) is 21.5 Å². The molecule has 0 radical (unpaired) electrons. The van der Waals surface area contributed by atoms with E-state index in [2.05, 4.69) is 5.32 Å². The molecular formula is C15H20F2N2O3S. The number of rotatable bonds is 5. The second-order valence-corrected chi connectivity index (χ2v) is 8.16. The summed E-state index contributed by atoms with van der Waals surface area (Å²) in [5.74, 6) is -2.06. The Kier molecular flexibility index (Phi) is 5.36. The lowest BCUT2D eigenvalue weighted by Crippen LogP contribution is -2.42. The number of sulfone groups is 1. The van der Waals surface area contributed by atoms with Crippen molar-refractivity contribution in [2.75, 3.05) is 25.1 Å². The maximum absolute atomic E-state index is 13.3. The first kappa shape index (κ1) is 17.8. The fraction of sp³-hybridized carbons (Fsp3) is 0.533. The van der Waals surface area contributed by atoms with Gasteiger partial charge in [0.05, 0.1) is 18.1 Å². The summed E-state index contributed by atoms with van der Waals surface area (Å²) in [5.41, 5.74) is 0.558. The third-order valence-corrected chi connectivity index (χ3v) is 5.85. The van der Waals surface area contributed by atoms with Crippen LogP contribution in [0.1, 0.15) is 24.9 Å².